The number of alkyl halides is 2. The summed E-state index contributed by atoms with van der Waals surface area (Å²) in [5.74, 6) is 0.256. The van der Waals surface area contributed by atoms with Crippen molar-refractivity contribution in [1.29, 1.82) is 0 Å². The highest BCUT2D eigenvalue weighted by molar-refractivity contribution is 7.92. The highest BCUT2D eigenvalue weighted by Crippen LogP contribution is 2.29. The van der Waals surface area contributed by atoms with Gasteiger partial charge in [-0.1, -0.05) is 25.1 Å². The molecule has 1 N–H and O–H groups in total. The molecular weight excluding hydrogens is 386 g/mol. The molecule has 1 atom stereocenters. The van der Waals surface area contributed by atoms with Crippen LogP contribution in [0.3, 0.4) is 0 Å². The van der Waals surface area contributed by atoms with Crippen LogP contribution >= 0.6 is 0 Å². The molecule has 152 valence electrons. The average Bonchev–Trinajstić information content (AvgIpc) is 3.11. The molecule has 0 radical (unpaired) electrons. The van der Waals surface area contributed by atoms with Crippen LogP contribution in [0.2, 0.25) is 0 Å². The number of nitrogens with one attached hydrogen (secondary N) is 1. The lowest BCUT2D eigenvalue weighted by molar-refractivity contribution is -0.0499. The lowest BCUT2D eigenvalue weighted by Crippen LogP contribution is -2.20. The Hall–Kier alpha value is -2.19. The van der Waals surface area contributed by atoms with Crippen molar-refractivity contribution in [3.05, 3.63) is 54.1 Å². The number of hydrogen-bond acceptors (Lipinski definition) is 4. The van der Waals surface area contributed by atoms with E-state index in [-0.39, 0.29) is 10.6 Å². The van der Waals surface area contributed by atoms with Gasteiger partial charge in [-0.25, -0.2) is 8.42 Å². The number of halogens is 2. The number of likely N-dealkylation sites (tertiary alicyclic amines) is 1. The molecule has 1 aliphatic heterocycles. The van der Waals surface area contributed by atoms with Gasteiger partial charge in [0.1, 0.15) is 5.75 Å². The van der Waals surface area contributed by atoms with Gasteiger partial charge in [0, 0.05) is 18.3 Å². The van der Waals surface area contributed by atoms with Crippen molar-refractivity contribution >= 4 is 15.7 Å². The first kappa shape index (κ1) is 20.5. The summed E-state index contributed by atoms with van der Waals surface area (Å²) in [6.07, 6.45) is 2.24. The molecule has 1 aliphatic rings. The molecule has 3 rings (SSSR count). The minimum Gasteiger partial charge on any atom is -0.435 e. The minimum atomic E-state index is -3.90. The van der Waals surface area contributed by atoms with E-state index in [4.69, 9.17) is 0 Å². The van der Waals surface area contributed by atoms with Crippen LogP contribution in [0.15, 0.2) is 53.4 Å². The fourth-order valence-corrected chi connectivity index (χ4v) is 4.57. The quantitative estimate of drug-likeness (QED) is 0.705. The van der Waals surface area contributed by atoms with Crippen LogP contribution in [0.25, 0.3) is 0 Å². The fourth-order valence-electron chi connectivity index (χ4n) is 3.48. The van der Waals surface area contributed by atoms with Gasteiger partial charge in [-0.3, -0.25) is 4.72 Å². The number of hydrogen-bond donors (Lipinski definition) is 1. The molecule has 1 fully saturated rings. The SMILES string of the molecule is CCCN1CCC(c2ccc(NS(=O)(=O)c3cccc(OC(F)F)c3)cc2)C1. The van der Waals surface area contributed by atoms with E-state index in [2.05, 4.69) is 21.3 Å². The van der Waals surface area contributed by atoms with Crippen LogP contribution in [0.1, 0.15) is 31.2 Å². The molecule has 1 saturated heterocycles. The van der Waals surface area contributed by atoms with Gasteiger partial charge in [0.05, 0.1) is 4.90 Å². The van der Waals surface area contributed by atoms with E-state index in [0.717, 1.165) is 38.5 Å². The molecule has 5 nitrogen and oxygen atoms in total. The zero-order valence-corrected chi connectivity index (χ0v) is 16.5. The van der Waals surface area contributed by atoms with Crippen LogP contribution < -0.4 is 9.46 Å². The van der Waals surface area contributed by atoms with Crippen LogP contribution in [0.4, 0.5) is 14.5 Å². The third-order valence-corrected chi connectivity index (χ3v) is 6.17. The van der Waals surface area contributed by atoms with Crippen molar-refractivity contribution in [2.24, 2.45) is 0 Å². The summed E-state index contributed by atoms with van der Waals surface area (Å²) in [6, 6.07) is 12.4. The van der Waals surface area contributed by atoms with E-state index in [1.807, 2.05) is 12.1 Å². The van der Waals surface area contributed by atoms with Crippen LogP contribution in [0.5, 0.6) is 5.75 Å². The highest BCUT2D eigenvalue weighted by Gasteiger charge is 2.23. The zero-order chi connectivity index (χ0) is 20.1. The van der Waals surface area contributed by atoms with E-state index in [0.29, 0.717) is 11.6 Å². The van der Waals surface area contributed by atoms with Crippen molar-refractivity contribution in [1.82, 2.24) is 4.90 Å². The first-order chi connectivity index (χ1) is 13.4. The maximum atomic E-state index is 12.5. The number of rotatable bonds is 8. The van der Waals surface area contributed by atoms with Crippen LogP contribution in [0, 0.1) is 0 Å². The summed E-state index contributed by atoms with van der Waals surface area (Å²) in [5, 5.41) is 0. The van der Waals surface area contributed by atoms with Gasteiger partial charge in [0.25, 0.3) is 10.0 Å². The van der Waals surface area contributed by atoms with E-state index in [1.54, 1.807) is 12.1 Å². The summed E-state index contributed by atoms with van der Waals surface area (Å²) >= 11 is 0. The van der Waals surface area contributed by atoms with Crippen molar-refractivity contribution < 1.29 is 21.9 Å². The highest BCUT2D eigenvalue weighted by atomic mass is 32.2. The Morgan fingerprint density at radius 1 is 1.21 bits per heavy atom. The Labute approximate surface area is 164 Å². The second-order valence-electron chi connectivity index (χ2n) is 6.87. The summed E-state index contributed by atoms with van der Waals surface area (Å²) < 4.78 is 56.5. The van der Waals surface area contributed by atoms with Gasteiger partial charge >= 0.3 is 6.61 Å². The van der Waals surface area contributed by atoms with Gasteiger partial charge in [-0.15, -0.1) is 0 Å². The van der Waals surface area contributed by atoms with Crippen molar-refractivity contribution in [3.63, 3.8) is 0 Å². The monoisotopic (exact) mass is 410 g/mol. The standard InChI is InChI=1S/C20H24F2N2O3S/c1-2-11-24-12-10-16(14-24)15-6-8-17(9-7-15)23-28(25,26)19-5-3-4-18(13-19)27-20(21)22/h3-9,13,16,20,23H,2,10-12,14H2,1H3. The number of benzene rings is 2. The molecule has 0 saturated carbocycles. The minimum absolute atomic E-state index is 0.138. The third kappa shape index (κ3) is 5.20. The van der Waals surface area contributed by atoms with Crippen molar-refractivity contribution in [2.45, 2.75) is 37.2 Å². The molecule has 2 aromatic carbocycles. The second kappa shape index (κ2) is 8.87. The summed E-state index contributed by atoms with van der Waals surface area (Å²) in [4.78, 5) is 2.30. The number of anilines is 1. The smallest absolute Gasteiger partial charge is 0.387 e. The fraction of sp³-hybridized carbons (Fsp3) is 0.400. The number of nitrogens with zero attached hydrogens (tertiary/aromatic N) is 1. The van der Waals surface area contributed by atoms with Crippen molar-refractivity contribution in [3.8, 4) is 5.75 Å². The molecule has 0 aromatic heterocycles. The largest absolute Gasteiger partial charge is 0.435 e. The van der Waals surface area contributed by atoms with E-state index in [1.165, 1.54) is 23.8 Å². The molecule has 0 bridgehead atoms. The molecule has 0 spiro atoms. The normalized spacial score (nSPS) is 17.8. The van der Waals surface area contributed by atoms with Gasteiger partial charge < -0.3 is 9.64 Å². The molecule has 8 heteroatoms. The Morgan fingerprint density at radius 3 is 2.64 bits per heavy atom. The predicted molar refractivity (Wildman–Crippen MR) is 104 cm³/mol. The van der Waals surface area contributed by atoms with Gasteiger partial charge in [0.15, 0.2) is 0 Å². The average molecular weight is 410 g/mol. The first-order valence-electron chi connectivity index (χ1n) is 9.27. The zero-order valence-electron chi connectivity index (χ0n) is 15.6. The molecule has 0 aliphatic carbocycles. The molecule has 0 amide bonds. The maximum absolute atomic E-state index is 12.5. The van der Waals surface area contributed by atoms with E-state index in [9.17, 15) is 17.2 Å². The predicted octanol–water partition coefficient (Wildman–Crippen LogP) is 4.29. The van der Waals surface area contributed by atoms with Gasteiger partial charge in [-0.2, -0.15) is 8.78 Å². The van der Waals surface area contributed by atoms with Crippen LogP contribution in [-0.2, 0) is 10.0 Å². The Balaban J connectivity index is 1.68. The summed E-state index contributed by atoms with van der Waals surface area (Å²) in [6.45, 7) is 2.37. The molecule has 1 heterocycles. The van der Waals surface area contributed by atoms with Crippen LogP contribution in [-0.4, -0.2) is 39.6 Å². The third-order valence-electron chi connectivity index (χ3n) is 4.79. The number of sulfonamides is 1. The maximum Gasteiger partial charge on any atom is 0.387 e. The molecule has 1 unspecified atom stereocenters. The Bertz CT molecular complexity index is 889. The first-order valence-corrected chi connectivity index (χ1v) is 10.8. The lowest BCUT2D eigenvalue weighted by Gasteiger charge is -2.15. The topological polar surface area (TPSA) is 58.6 Å². The summed E-state index contributed by atoms with van der Waals surface area (Å²) in [5.41, 5.74) is 1.61. The Morgan fingerprint density at radius 2 is 1.96 bits per heavy atom. The van der Waals surface area contributed by atoms with Gasteiger partial charge in [0.2, 0.25) is 0 Å². The van der Waals surface area contributed by atoms with Crippen molar-refractivity contribution in [2.75, 3.05) is 24.4 Å². The number of ether oxygens (including phenoxy) is 1. The van der Waals surface area contributed by atoms with E-state index < -0.39 is 16.6 Å². The molecular formula is C20H24F2N2O3S. The second-order valence-corrected chi connectivity index (χ2v) is 8.55. The summed E-state index contributed by atoms with van der Waals surface area (Å²) in [7, 11) is -3.90. The van der Waals surface area contributed by atoms with Gasteiger partial charge in [-0.05, 0) is 61.7 Å². The van der Waals surface area contributed by atoms with E-state index >= 15 is 0 Å². The lowest BCUT2D eigenvalue weighted by atomic mass is 9.98. The molecule has 2 aromatic rings. The molecule has 28 heavy (non-hydrogen) atoms. The Kier molecular flexibility index (Phi) is 6.51.